The molecule has 1 aliphatic heterocycles. The maximum atomic E-state index is 13.1. The summed E-state index contributed by atoms with van der Waals surface area (Å²) in [5, 5.41) is 3.00. The molecular weight excluding hydrogens is 408 g/mol. The third-order valence-electron chi connectivity index (χ3n) is 4.26. The van der Waals surface area contributed by atoms with Crippen molar-refractivity contribution in [1.82, 2.24) is 10.2 Å². The van der Waals surface area contributed by atoms with Crippen molar-refractivity contribution in [2.75, 3.05) is 0 Å². The van der Waals surface area contributed by atoms with Crippen LogP contribution in [0, 0.1) is 0 Å². The summed E-state index contributed by atoms with van der Waals surface area (Å²) in [7, 11) is 0. The van der Waals surface area contributed by atoms with Gasteiger partial charge < -0.3 is 10.1 Å². The summed E-state index contributed by atoms with van der Waals surface area (Å²) in [5.74, 6) is -0.845. The number of carbonyl (C=O) groups is 1. The quantitative estimate of drug-likeness (QED) is 0.413. The first kappa shape index (κ1) is 20.8. The number of hydrogen-bond donors (Lipinski definition) is 1. The van der Waals surface area contributed by atoms with Gasteiger partial charge in [0.25, 0.3) is 5.91 Å². The molecule has 1 fully saturated rings. The smallest absolute Gasteiger partial charge is 0.428 e. The monoisotopic (exact) mass is 424 g/mol. The molecule has 1 saturated heterocycles. The lowest BCUT2D eigenvalue weighted by molar-refractivity contribution is -0.253. The van der Waals surface area contributed by atoms with Crippen LogP contribution in [0.15, 0.2) is 60.3 Å². The zero-order valence-electron chi connectivity index (χ0n) is 15.1. The van der Waals surface area contributed by atoms with Crippen molar-refractivity contribution in [2.24, 2.45) is 0 Å². The Balaban J connectivity index is 1.82. The van der Waals surface area contributed by atoms with Crippen LogP contribution in [0.1, 0.15) is 24.1 Å². The Morgan fingerprint density at radius 1 is 1.14 bits per heavy atom. The molecule has 0 aromatic heterocycles. The Morgan fingerprint density at radius 3 is 2.48 bits per heavy atom. The van der Waals surface area contributed by atoms with E-state index in [0.29, 0.717) is 5.56 Å². The van der Waals surface area contributed by atoms with Gasteiger partial charge in [0.15, 0.2) is 5.11 Å². The molecule has 0 radical (unpaired) electrons. The van der Waals surface area contributed by atoms with Crippen LogP contribution in [0.3, 0.4) is 0 Å². The van der Waals surface area contributed by atoms with Crippen molar-refractivity contribution < 1.29 is 27.1 Å². The van der Waals surface area contributed by atoms with Gasteiger partial charge in [-0.15, -0.1) is 0 Å². The number of alkyl halides is 4. The number of benzene rings is 2. The molecule has 0 spiro atoms. The summed E-state index contributed by atoms with van der Waals surface area (Å²) in [5.41, 5.74) is 1.33. The molecule has 1 amide bonds. The average Bonchev–Trinajstić information content (AvgIpc) is 2.95. The number of hydrogen-bond acceptors (Lipinski definition) is 3. The van der Waals surface area contributed by atoms with Crippen molar-refractivity contribution in [3.05, 3.63) is 71.4 Å². The second-order valence-corrected chi connectivity index (χ2v) is 6.67. The Kier molecular flexibility index (Phi) is 5.88. The number of thiocarbonyl (C=S) groups is 1. The predicted octanol–water partition coefficient (Wildman–Crippen LogP) is 4.74. The first-order valence-corrected chi connectivity index (χ1v) is 8.96. The van der Waals surface area contributed by atoms with E-state index >= 15 is 0 Å². The maximum Gasteiger partial charge on any atom is 0.461 e. The number of rotatable bonds is 6. The third-order valence-corrected chi connectivity index (χ3v) is 4.55. The zero-order valence-corrected chi connectivity index (χ0v) is 15.9. The van der Waals surface area contributed by atoms with Crippen molar-refractivity contribution in [3.8, 4) is 5.75 Å². The van der Waals surface area contributed by atoms with Gasteiger partial charge in [-0.25, -0.2) is 0 Å². The van der Waals surface area contributed by atoms with Gasteiger partial charge in [-0.2, -0.15) is 17.6 Å². The van der Waals surface area contributed by atoms with Crippen LogP contribution >= 0.6 is 12.2 Å². The molecular formula is C20H16F4N2O2S. The zero-order chi connectivity index (χ0) is 21.2. The highest BCUT2D eigenvalue weighted by Crippen LogP contribution is 2.29. The van der Waals surface area contributed by atoms with Gasteiger partial charge in [0.05, 0.1) is 6.04 Å². The summed E-state index contributed by atoms with van der Waals surface area (Å²) in [6.45, 7) is 1.82. The summed E-state index contributed by atoms with van der Waals surface area (Å²) in [6.07, 6.45) is -7.19. The van der Waals surface area contributed by atoms with E-state index in [1.54, 1.807) is 0 Å². The molecule has 1 aliphatic rings. The van der Waals surface area contributed by atoms with Crippen molar-refractivity contribution in [2.45, 2.75) is 25.5 Å². The van der Waals surface area contributed by atoms with Crippen molar-refractivity contribution in [1.29, 1.82) is 0 Å². The SMILES string of the molecule is CC(c1ccccc1)N1C(=O)/C(=C/c2cccc(OC(F)(F)C(F)F)c2)NC1=S. The number of ether oxygens (including phenoxy) is 1. The van der Waals surface area contributed by atoms with Crippen molar-refractivity contribution in [3.63, 3.8) is 0 Å². The van der Waals surface area contributed by atoms with Crippen molar-refractivity contribution >= 4 is 29.3 Å². The van der Waals surface area contributed by atoms with E-state index in [0.717, 1.165) is 17.7 Å². The average molecular weight is 424 g/mol. The molecule has 0 aliphatic carbocycles. The van der Waals surface area contributed by atoms with Crippen LogP contribution in [0.2, 0.25) is 0 Å². The largest absolute Gasteiger partial charge is 0.461 e. The van der Waals surface area contributed by atoms with E-state index in [1.165, 1.54) is 23.1 Å². The highest BCUT2D eigenvalue weighted by Gasteiger charge is 2.44. The Bertz CT molecular complexity index is 951. The third kappa shape index (κ3) is 4.56. The molecule has 1 heterocycles. The number of amides is 1. The van der Waals surface area contributed by atoms with Gasteiger partial charge in [0.1, 0.15) is 11.4 Å². The van der Waals surface area contributed by atoms with E-state index < -0.39 is 24.2 Å². The van der Waals surface area contributed by atoms with Gasteiger partial charge in [-0.05, 0) is 48.5 Å². The second kappa shape index (κ2) is 8.20. The van der Waals surface area contributed by atoms with E-state index in [2.05, 4.69) is 10.1 Å². The molecule has 2 aromatic carbocycles. The first-order chi connectivity index (χ1) is 13.7. The molecule has 3 rings (SSSR count). The van der Waals surface area contributed by atoms with E-state index in [-0.39, 0.29) is 16.9 Å². The van der Waals surface area contributed by atoms with Crippen LogP contribution in [0.25, 0.3) is 6.08 Å². The van der Waals surface area contributed by atoms with E-state index in [4.69, 9.17) is 12.2 Å². The molecule has 152 valence electrons. The van der Waals surface area contributed by atoms with Gasteiger partial charge in [-0.1, -0.05) is 42.5 Å². The standard InChI is InChI=1S/C20H16F4N2O2S/c1-12(14-7-3-2-4-8-14)26-17(27)16(25-19(26)29)11-13-6-5-9-15(10-13)28-20(23,24)18(21)22/h2-12,18H,1H3,(H,25,29)/b16-11-. The Hall–Kier alpha value is -2.94. The van der Waals surface area contributed by atoms with Gasteiger partial charge >= 0.3 is 12.5 Å². The van der Waals surface area contributed by atoms with Crippen LogP contribution in [-0.4, -0.2) is 28.5 Å². The lowest BCUT2D eigenvalue weighted by atomic mass is 10.1. The van der Waals surface area contributed by atoms with Crippen LogP contribution < -0.4 is 10.1 Å². The number of carbonyl (C=O) groups excluding carboxylic acids is 1. The normalized spacial score (nSPS) is 17.0. The van der Waals surface area contributed by atoms with Crippen LogP contribution in [-0.2, 0) is 4.79 Å². The summed E-state index contributed by atoms with van der Waals surface area (Å²) >= 11 is 5.26. The Labute approximate surface area is 169 Å². The van der Waals surface area contributed by atoms with E-state index in [1.807, 2.05) is 37.3 Å². The van der Waals surface area contributed by atoms with Gasteiger partial charge in [0.2, 0.25) is 0 Å². The molecule has 1 atom stereocenters. The molecule has 2 aromatic rings. The minimum absolute atomic E-state index is 0.135. The number of halogens is 4. The summed E-state index contributed by atoms with van der Waals surface area (Å²) < 4.78 is 54.9. The Morgan fingerprint density at radius 2 is 1.83 bits per heavy atom. The lowest BCUT2D eigenvalue weighted by Crippen LogP contribution is -2.33. The minimum atomic E-state index is -4.61. The van der Waals surface area contributed by atoms with Crippen LogP contribution in [0.5, 0.6) is 5.75 Å². The molecule has 1 unspecified atom stereocenters. The van der Waals surface area contributed by atoms with Gasteiger partial charge in [-0.3, -0.25) is 9.69 Å². The molecule has 4 nitrogen and oxygen atoms in total. The highest BCUT2D eigenvalue weighted by atomic mass is 32.1. The maximum absolute atomic E-state index is 13.1. The van der Waals surface area contributed by atoms with Gasteiger partial charge in [0, 0.05) is 0 Å². The number of nitrogens with zero attached hydrogens (tertiary/aromatic N) is 1. The summed E-state index contributed by atoms with van der Waals surface area (Å²) in [6, 6.07) is 14.1. The molecule has 0 saturated carbocycles. The molecule has 0 bridgehead atoms. The highest BCUT2D eigenvalue weighted by molar-refractivity contribution is 7.80. The molecule has 9 heteroatoms. The minimum Gasteiger partial charge on any atom is -0.428 e. The van der Waals surface area contributed by atoms with Crippen LogP contribution in [0.4, 0.5) is 17.6 Å². The first-order valence-electron chi connectivity index (χ1n) is 8.55. The fraction of sp³-hybridized carbons (Fsp3) is 0.200. The topological polar surface area (TPSA) is 41.6 Å². The summed E-state index contributed by atoms with van der Waals surface area (Å²) in [4.78, 5) is 14.2. The molecule has 29 heavy (non-hydrogen) atoms. The molecule has 1 N–H and O–H groups in total. The number of nitrogens with one attached hydrogen (secondary N) is 1. The second-order valence-electron chi connectivity index (χ2n) is 6.29. The lowest BCUT2D eigenvalue weighted by Gasteiger charge is -2.23. The predicted molar refractivity (Wildman–Crippen MR) is 103 cm³/mol. The fourth-order valence-corrected chi connectivity index (χ4v) is 3.17. The fourth-order valence-electron chi connectivity index (χ4n) is 2.82. The van der Waals surface area contributed by atoms with E-state index in [9.17, 15) is 22.4 Å².